The molecule has 2 heterocycles. The second-order valence-electron chi connectivity index (χ2n) is 6.63. The maximum Gasteiger partial charge on any atom is 0.325 e. The van der Waals surface area contributed by atoms with Gasteiger partial charge in [0.2, 0.25) is 0 Å². The first-order chi connectivity index (χ1) is 13.0. The van der Waals surface area contributed by atoms with Crippen LogP contribution in [0.1, 0.15) is 23.6 Å². The number of nitriles is 1. The lowest BCUT2D eigenvalue weighted by molar-refractivity contribution is -0.131. The summed E-state index contributed by atoms with van der Waals surface area (Å²) in [5.41, 5.74) is 1.38. The minimum absolute atomic E-state index is 0.131. The minimum Gasteiger partial charge on any atom is -0.319 e. The lowest BCUT2D eigenvalue weighted by Crippen LogP contribution is -2.40. The minimum atomic E-state index is -1.21. The smallest absolute Gasteiger partial charge is 0.319 e. The molecule has 1 fully saturated rings. The van der Waals surface area contributed by atoms with Crippen molar-refractivity contribution >= 4 is 22.8 Å². The molecule has 6 heteroatoms. The van der Waals surface area contributed by atoms with E-state index in [1.807, 2.05) is 30.3 Å². The molecule has 1 aliphatic heterocycles. The predicted molar refractivity (Wildman–Crippen MR) is 99.3 cm³/mol. The molecule has 0 unspecified atom stereocenters. The Bertz CT molecular complexity index is 1110. The molecule has 0 aliphatic carbocycles. The van der Waals surface area contributed by atoms with Gasteiger partial charge < -0.3 is 5.32 Å². The largest absolute Gasteiger partial charge is 0.325 e. The summed E-state index contributed by atoms with van der Waals surface area (Å²) in [6.45, 7) is 1.79. The summed E-state index contributed by atoms with van der Waals surface area (Å²) in [7, 11) is 0. The van der Waals surface area contributed by atoms with E-state index in [0.717, 1.165) is 16.5 Å². The summed E-state index contributed by atoms with van der Waals surface area (Å²) in [6.07, 6.45) is 1.69. The number of urea groups is 1. The summed E-state index contributed by atoms with van der Waals surface area (Å²) in [5, 5.41) is 12.8. The Morgan fingerprint density at radius 1 is 1.15 bits per heavy atom. The van der Waals surface area contributed by atoms with Gasteiger partial charge in [0.25, 0.3) is 5.91 Å². The summed E-state index contributed by atoms with van der Waals surface area (Å²) in [4.78, 5) is 31.3. The quantitative estimate of drug-likeness (QED) is 0.731. The number of nitrogens with zero attached hydrogens (tertiary/aromatic N) is 3. The van der Waals surface area contributed by atoms with Crippen LogP contribution in [0.2, 0.25) is 0 Å². The van der Waals surface area contributed by atoms with Crippen LogP contribution in [0.15, 0.2) is 60.8 Å². The van der Waals surface area contributed by atoms with Crippen molar-refractivity contribution < 1.29 is 9.59 Å². The number of carbonyl (C=O) groups is 2. The van der Waals surface area contributed by atoms with Crippen molar-refractivity contribution in [1.29, 1.82) is 5.26 Å². The Labute approximate surface area is 156 Å². The fourth-order valence-electron chi connectivity index (χ4n) is 3.40. The lowest BCUT2D eigenvalue weighted by Gasteiger charge is -2.22. The van der Waals surface area contributed by atoms with Gasteiger partial charge in [-0.3, -0.25) is 14.7 Å². The average molecular weight is 356 g/mol. The van der Waals surface area contributed by atoms with E-state index >= 15 is 0 Å². The highest BCUT2D eigenvalue weighted by Crippen LogP contribution is 2.31. The van der Waals surface area contributed by atoms with Crippen LogP contribution < -0.4 is 5.32 Å². The number of hydrogen-bond acceptors (Lipinski definition) is 4. The maximum absolute atomic E-state index is 13.1. The molecule has 6 nitrogen and oxygen atoms in total. The van der Waals surface area contributed by atoms with Crippen molar-refractivity contribution in [2.45, 2.75) is 19.0 Å². The second kappa shape index (κ2) is 6.22. The monoisotopic (exact) mass is 356 g/mol. The first-order valence-corrected chi connectivity index (χ1v) is 8.50. The Hall–Kier alpha value is -3.72. The van der Waals surface area contributed by atoms with Crippen LogP contribution in [0.5, 0.6) is 0 Å². The molecule has 1 N–H and O–H groups in total. The Morgan fingerprint density at radius 3 is 2.74 bits per heavy atom. The van der Waals surface area contributed by atoms with E-state index < -0.39 is 11.6 Å². The third-order valence-corrected chi connectivity index (χ3v) is 4.89. The number of rotatable bonds is 3. The maximum atomic E-state index is 13.1. The summed E-state index contributed by atoms with van der Waals surface area (Å²) < 4.78 is 0. The van der Waals surface area contributed by atoms with Crippen LogP contribution in [-0.2, 0) is 16.9 Å². The molecular weight excluding hydrogens is 340 g/mol. The van der Waals surface area contributed by atoms with E-state index in [0.29, 0.717) is 11.1 Å². The first kappa shape index (κ1) is 16.7. The number of hydrogen-bond donors (Lipinski definition) is 1. The third-order valence-electron chi connectivity index (χ3n) is 4.89. The number of benzene rings is 2. The number of carbonyl (C=O) groups excluding carboxylic acids is 2. The van der Waals surface area contributed by atoms with Crippen molar-refractivity contribution in [3.05, 3.63) is 77.5 Å². The molecule has 0 saturated carbocycles. The normalized spacial score (nSPS) is 19.2. The molecule has 0 radical (unpaired) electrons. The number of fused-ring (bicyclic) bond motifs is 1. The number of pyridine rings is 1. The molecule has 3 amide bonds. The Morgan fingerprint density at radius 2 is 1.93 bits per heavy atom. The highest BCUT2D eigenvalue weighted by atomic mass is 16.2. The fourth-order valence-corrected chi connectivity index (χ4v) is 3.40. The predicted octanol–water partition coefficient (Wildman–Crippen LogP) is 3.07. The molecule has 0 bridgehead atoms. The average Bonchev–Trinajstić information content (AvgIpc) is 2.92. The van der Waals surface area contributed by atoms with Crippen LogP contribution in [0.4, 0.5) is 4.79 Å². The zero-order valence-electron chi connectivity index (χ0n) is 14.6. The van der Waals surface area contributed by atoms with E-state index in [1.54, 1.807) is 37.4 Å². The van der Waals surface area contributed by atoms with Crippen molar-refractivity contribution in [1.82, 2.24) is 15.2 Å². The second-order valence-corrected chi connectivity index (χ2v) is 6.63. The van der Waals surface area contributed by atoms with Crippen molar-refractivity contribution in [3.8, 4) is 6.07 Å². The van der Waals surface area contributed by atoms with Crippen molar-refractivity contribution in [2.24, 2.45) is 0 Å². The lowest BCUT2D eigenvalue weighted by atomic mass is 9.91. The molecule has 1 aliphatic rings. The molecular formula is C21H16N4O2. The highest BCUT2D eigenvalue weighted by molar-refractivity contribution is 6.07. The van der Waals surface area contributed by atoms with Gasteiger partial charge in [-0.15, -0.1) is 0 Å². The molecule has 0 spiro atoms. The zero-order valence-corrected chi connectivity index (χ0v) is 14.6. The van der Waals surface area contributed by atoms with E-state index in [9.17, 15) is 9.59 Å². The first-order valence-electron chi connectivity index (χ1n) is 8.50. The molecule has 4 rings (SSSR count). The van der Waals surface area contributed by atoms with E-state index in [2.05, 4.69) is 16.4 Å². The molecule has 132 valence electrons. The van der Waals surface area contributed by atoms with Gasteiger partial charge in [-0.05, 0) is 36.2 Å². The van der Waals surface area contributed by atoms with Crippen molar-refractivity contribution in [3.63, 3.8) is 0 Å². The van der Waals surface area contributed by atoms with Gasteiger partial charge in [0, 0.05) is 11.6 Å². The van der Waals surface area contributed by atoms with Crippen LogP contribution in [0.3, 0.4) is 0 Å². The number of aromatic nitrogens is 1. The van der Waals surface area contributed by atoms with Gasteiger partial charge in [0.15, 0.2) is 0 Å². The van der Waals surface area contributed by atoms with E-state index in [4.69, 9.17) is 5.26 Å². The SMILES string of the molecule is C[C@]1(c2cccc(C#N)c2)NC(=O)N(Cc2cccc3cccnc23)C1=O. The summed E-state index contributed by atoms with van der Waals surface area (Å²) >= 11 is 0. The summed E-state index contributed by atoms with van der Waals surface area (Å²) in [6, 6.07) is 17.8. The number of nitrogens with one attached hydrogen (secondary N) is 1. The van der Waals surface area contributed by atoms with Crippen molar-refractivity contribution in [2.75, 3.05) is 0 Å². The number of amides is 3. The Kier molecular flexibility index (Phi) is 3.85. The fraction of sp³-hybridized carbons (Fsp3) is 0.143. The van der Waals surface area contributed by atoms with Gasteiger partial charge in [0.05, 0.1) is 23.7 Å². The highest BCUT2D eigenvalue weighted by Gasteiger charge is 2.49. The van der Waals surface area contributed by atoms with Crippen LogP contribution in [0, 0.1) is 11.3 Å². The van der Waals surface area contributed by atoms with Gasteiger partial charge in [-0.1, -0.05) is 36.4 Å². The van der Waals surface area contributed by atoms with Gasteiger partial charge >= 0.3 is 6.03 Å². The van der Waals surface area contributed by atoms with Crippen LogP contribution in [0.25, 0.3) is 10.9 Å². The van der Waals surface area contributed by atoms with E-state index in [-0.39, 0.29) is 12.5 Å². The number of para-hydroxylation sites is 1. The number of imide groups is 1. The van der Waals surface area contributed by atoms with E-state index in [1.165, 1.54) is 4.90 Å². The van der Waals surface area contributed by atoms with Gasteiger partial charge in [-0.2, -0.15) is 5.26 Å². The zero-order chi connectivity index (χ0) is 19.0. The Balaban J connectivity index is 1.70. The molecule has 27 heavy (non-hydrogen) atoms. The summed E-state index contributed by atoms with van der Waals surface area (Å²) in [5.74, 6) is -0.351. The van der Waals surface area contributed by atoms with Crippen LogP contribution in [-0.4, -0.2) is 21.8 Å². The van der Waals surface area contributed by atoms with Gasteiger partial charge in [-0.25, -0.2) is 4.79 Å². The standard InChI is InChI=1S/C21H16N4O2/c1-21(17-9-2-5-14(11-17)12-22)19(26)25(20(27)24-21)13-16-7-3-6-15-8-4-10-23-18(15)16/h2-11H,13H2,1H3,(H,24,27)/t21-/m1/s1. The topological polar surface area (TPSA) is 86.1 Å². The molecule has 1 atom stereocenters. The molecule has 1 saturated heterocycles. The van der Waals surface area contributed by atoms with Crippen LogP contribution >= 0.6 is 0 Å². The van der Waals surface area contributed by atoms with Gasteiger partial charge in [0.1, 0.15) is 5.54 Å². The molecule has 1 aromatic heterocycles. The molecule has 2 aromatic carbocycles. The molecule has 3 aromatic rings. The third kappa shape index (κ3) is 2.70.